The molecule has 36 heavy (non-hydrogen) atoms. The van der Waals surface area contributed by atoms with Gasteiger partial charge >= 0.3 is 0 Å². The van der Waals surface area contributed by atoms with Crippen LogP contribution in [0, 0.1) is 0 Å². The van der Waals surface area contributed by atoms with Crippen molar-refractivity contribution in [1.82, 2.24) is 4.90 Å². The van der Waals surface area contributed by atoms with Gasteiger partial charge in [-0.2, -0.15) is 0 Å². The number of hydrogen-bond donors (Lipinski definition) is 2. The van der Waals surface area contributed by atoms with Gasteiger partial charge < -0.3 is 20.4 Å². The lowest BCUT2D eigenvalue weighted by atomic mass is 10.0. The van der Waals surface area contributed by atoms with Crippen molar-refractivity contribution in [2.75, 3.05) is 36.2 Å². The number of para-hydroxylation sites is 1. The monoisotopic (exact) mass is 484 g/mol. The third kappa shape index (κ3) is 6.39. The molecule has 1 atom stereocenters. The molecule has 1 aliphatic heterocycles. The molecule has 0 bridgehead atoms. The Bertz CT molecular complexity index is 1110. The summed E-state index contributed by atoms with van der Waals surface area (Å²) >= 11 is 0. The molecule has 1 amide bonds. The van der Waals surface area contributed by atoms with Crippen LogP contribution < -0.4 is 15.5 Å². The van der Waals surface area contributed by atoms with Gasteiger partial charge in [-0.3, -0.25) is 4.79 Å². The van der Waals surface area contributed by atoms with E-state index in [9.17, 15) is 4.79 Å². The van der Waals surface area contributed by atoms with Crippen molar-refractivity contribution in [3.63, 3.8) is 0 Å². The standard InChI is InChI=1S/C31H40N4O/c1-4-5-6-7-8-11-22-35-30(33-29-13-10-9-12-28(29)31(35)36)25-16-18-26(19-17-25)32-23-24-14-20-27(21-15-24)34(2)3/h9-10,12-21,30,32-33H,4-8,11,22-23H2,1-3H3. The summed E-state index contributed by atoms with van der Waals surface area (Å²) in [5.41, 5.74) is 6.29. The number of nitrogens with one attached hydrogen (secondary N) is 2. The van der Waals surface area contributed by atoms with Crippen LogP contribution in [0.15, 0.2) is 72.8 Å². The van der Waals surface area contributed by atoms with Crippen molar-refractivity contribution >= 4 is 23.0 Å². The maximum absolute atomic E-state index is 13.4. The molecule has 0 saturated carbocycles. The Morgan fingerprint density at radius 3 is 2.28 bits per heavy atom. The Balaban J connectivity index is 1.42. The first kappa shape index (κ1) is 25.6. The van der Waals surface area contributed by atoms with Gasteiger partial charge in [-0.1, -0.05) is 75.4 Å². The molecule has 3 aromatic carbocycles. The van der Waals surface area contributed by atoms with Crippen LogP contribution in [0.1, 0.15) is 73.1 Å². The highest BCUT2D eigenvalue weighted by Gasteiger charge is 2.32. The van der Waals surface area contributed by atoms with Gasteiger partial charge in [0.2, 0.25) is 0 Å². The highest BCUT2D eigenvalue weighted by atomic mass is 16.2. The Morgan fingerprint density at radius 1 is 0.861 bits per heavy atom. The summed E-state index contributed by atoms with van der Waals surface area (Å²) < 4.78 is 0. The first-order chi connectivity index (χ1) is 17.6. The predicted octanol–water partition coefficient (Wildman–Crippen LogP) is 7.29. The van der Waals surface area contributed by atoms with E-state index < -0.39 is 0 Å². The van der Waals surface area contributed by atoms with Gasteiger partial charge in [0.05, 0.1) is 5.56 Å². The number of fused-ring (bicyclic) bond motifs is 1. The molecule has 1 unspecified atom stereocenters. The summed E-state index contributed by atoms with van der Waals surface area (Å²) in [6.45, 7) is 3.77. The zero-order chi connectivity index (χ0) is 25.3. The van der Waals surface area contributed by atoms with Crippen LogP contribution in [0.25, 0.3) is 0 Å². The maximum atomic E-state index is 13.4. The average Bonchev–Trinajstić information content (AvgIpc) is 2.91. The molecule has 1 aliphatic rings. The molecule has 0 fully saturated rings. The molecule has 190 valence electrons. The molecular weight excluding hydrogens is 444 g/mol. The van der Waals surface area contributed by atoms with E-state index >= 15 is 0 Å². The van der Waals surface area contributed by atoms with Crippen LogP contribution in [-0.4, -0.2) is 31.4 Å². The number of nitrogens with zero attached hydrogens (tertiary/aromatic N) is 2. The fraction of sp³-hybridized carbons (Fsp3) is 0.387. The Hall–Kier alpha value is -3.47. The molecule has 0 aromatic heterocycles. The number of unbranched alkanes of at least 4 members (excludes halogenated alkanes) is 5. The summed E-state index contributed by atoms with van der Waals surface area (Å²) in [5, 5.41) is 7.15. The minimum atomic E-state index is -0.157. The average molecular weight is 485 g/mol. The summed E-state index contributed by atoms with van der Waals surface area (Å²) in [7, 11) is 4.10. The third-order valence-corrected chi connectivity index (χ3v) is 6.95. The number of amides is 1. The van der Waals surface area contributed by atoms with E-state index in [1.165, 1.54) is 36.9 Å². The van der Waals surface area contributed by atoms with Crippen LogP contribution in [0.4, 0.5) is 17.1 Å². The van der Waals surface area contributed by atoms with Crippen LogP contribution in [0.5, 0.6) is 0 Å². The van der Waals surface area contributed by atoms with Crippen molar-refractivity contribution in [3.8, 4) is 0 Å². The van der Waals surface area contributed by atoms with Crippen molar-refractivity contribution in [3.05, 3.63) is 89.5 Å². The summed E-state index contributed by atoms with van der Waals surface area (Å²) in [6, 6.07) is 24.9. The predicted molar refractivity (Wildman–Crippen MR) is 152 cm³/mol. The summed E-state index contributed by atoms with van der Waals surface area (Å²) in [4.78, 5) is 17.5. The minimum absolute atomic E-state index is 0.117. The summed E-state index contributed by atoms with van der Waals surface area (Å²) in [6.07, 6.45) is 7.10. The fourth-order valence-electron chi connectivity index (χ4n) is 4.75. The van der Waals surface area contributed by atoms with E-state index in [2.05, 4.69) is 85.1 Å². The molecule has 5 nitrogen and oxygen atoms in total. The molecule has 0 spiro atoms. The minimum Gasteiger partial charge on any atom is -0.381 e. The zero-order valence-electron chi connectivity index (χ0n) is 22.0. The number of benzene rings is 3. The van der Waals surface area contributed by atoms with E-state index in [1.54, 1.807) is 0 Å². The number of anilines is 3. The van der Waals surface area contributed by atoms with Crippen molar-refractivity contribution in [1.29, 1.82) is 0 Å². The van der Waals surface area contributed by atoms with Gasteiger partial charge in [0.1, 0.15) is 6.17 Å². The topological polar surface area (TPSA) is 47.6 Å². The SMILES string of the molecule is CCCCCCCCN1C(=O)c2ccccc2NC1c1ccc(NCc2ccc(N(C)C)cc2)cc1. The Labute approximate surface area is 216 Å². The maximum Gasteiger partial charge on any atom is 0.257 e. The first-order valence-corrected chi connectivity index (χ1v) is 13.3. The number of carbonyl (C=O) groups excluding carboxylic acids is 1. The Morgan fingerprint density at radius 2 is 1.56 bits per heavy atom. The van der Waals surface area contributed by atoms with Crippen LogP contribution in [-0.2, 0) is 6.54 Å². The lowest BCUT2D eigenvalue weighted by Crippen LogP contribution is -2.43. The second kappa shape index (κ2) is 12.5. The molecule has 0 aliphatic carbocycles. The highest BCUT2D eigenvalue weighted by molar-refractivity contribution is 6.01. The smallest absolute Gasteiger partial charge is 0.257 e. The van der Waals surface area contributed by atoms with E-state index in [0.717, 1.165) is 48.4 Å². The number of hydrogen-bond acceptors (Lipinski definition) is 4. The van der Waals surface area contributed by atoms with Crippen LogP contribution in [0.2, 0.25) is 0 Å². The molecule has 5 heteroatoms. The molecular formula is C31H40N4O. The van der Waals surface area contributed by atoms with E-state index in [0.29, 0.717) is 0 Å². The van der Waals surface area contributed by atoms with Gasteiger partial charge in [-0.15, -0.1) is 0 Å². The second-order valence-electron chi connectivity index (χ2n) is 9.90. The number of carbonyl (C=O) groups is 1. The van der Waals surface area contributed by atoms with Crippen molar-refractivity contribution in [2.45, 2.75) is 58.2 Å². The fourth-order valence-corrected chi connectivity index (χ4v) is 4.75. The molecule has 1 heterocycles. The first-order valence-electron chi connectivity index (χ1n) is 13.3. The van der Waals surface area contributed by atoms with Gasteiger partial charge in [-0.25, -0.2) is 0 Å². The number of rotatable bonds is 12. The summed E-state index contributed by atoms with van der Waals surface area (Å²) in [5.74, 6) is 0.117. The molecule has 3 aromatic rings. The van der Waals surface area contributed by atoms with Crippen molar-refractivity contribution in [2.24, 2.45) is 0 Å². The van der Waals surface area contributed by atoms with E-state index in [-0.39, 0.29) is 12.1 Å². The van der Waals surface area contributed by atoms with Gasteiger partial charge in [0.15, 0.2) is 0 Å². The van der Waals surface area contributed by atoms with Crippen molar-refractivity contribution < 1.29 is 4.79 Å². The van der Waals surface area contributed by atoms with E-state index in [1.807, 2.05) is 29.2 Å². The van der Waals surface area contributed by atoms with Crippen LogP contribution >= 0.6 is 0 Å². The van der Waals surface area contributed by atoms with Gasteiger partial charge in [-0.05, 0) is 53.9 Å². The third-order valence-electron chi connectivity index (χ3n) is 6.95. The highest BCUT2D eigenvalue weighted by Crippen LogP contribution is 2.33. The quantitative estimate of drug-likeness (QED) is 0.265. The van der Waals surface area contributed by atoms with Gasteiger partial charge in [0.25, 0.3) is 5.91 Å². The molecule has 0 saturated heterocycles. The largest absolute Gasteiger partial charge is 0.381 e. The second-order valence-corrected chi connectivity index (χ2v) is 9.90. The lowest BCUT2D eigenvalue weighted by Gasteiger charge is -2.38. The van der Waals surface area contributed by atoms with E-state index in [4.69, 9.17) is 0 Å². The van der Waals surface area contributed by atoms with Crippen LogP contribution in [0.3, 0.4) is 0 Å². The Kier molecular flexibility index (Phi) is 8.88. The molecule has 0 radical (unpaired) electrons. The zero-order valence-corrected chi connectivity index (χ0v) is 22.0. The molecule has 2 N–H and O–H groups in total. The lowest BCUT2D eigenvalue weighted by molar-refractivity contribution is 0.0679. The normalized spacial score (nSPS) is 14.8. The van der Waals surface area contributed by atoms with Gasteiger partial charge in [0, 0.05) is 44.2 Å². The molecule has 4 rings (SSSR count).